The van der Waals surface area contributed by atoms with Gasteiger partial charge in [0.2, 0.25) is 0 Å². The average Bonchev–Trinajstić information content (AvgIpc) is 3.67. The van der Waals surface area contributed by atoms with Crippen molar-refractivity contribution in [1.82, 2.24) is 4.90 Å². The van der Waals surface area contributed by atoms with Gasteiger partial charge in [0.05, 0.1) is 22.5 Å². The maximum atomic E-state index is 16.2. The summed E-state index contributed by atoms with van der Waals surface area (Å²) < 4.78 is 31.9. The van der Waals surface area contributed by atoms with E-state index in [0.29, 0.717) is 24.1 Å². The number of nitrogens with two attached hydrogens (primary N) is 2. The minimum Gasteiger partial charge on any atom is -0.481 e. The topological polar surface area (TPSA) is 133 Å². The number of carboxylic acids is 1. The van der Waals surface area contributed by atoms with Crippen molar-refractivity contribution in [3.05, 3.63) is 47.0 Å². The molecule has 0 radical (unpaired) electrons. The molecule has 3 aliphatic rings. The van der Waals surface area contributed by atoms with Crippen LogP contribution in [0.4, 0.5) is 31.5 Å². The van der Waals surface area contributed by atoms with Gasteiger partial charge in [-0.3, -0.25) is 14.4 Å². The van der Waals surface area contributed by atoms with Crippen molar-refractivity contribution in [2.24, 2.45) is 5.92 Å². The number of benzene rings is 2. The van der Waals surface area contributed by atoms with E-state index >= 15 is 8.78 Å². The van der Waals surface area contributed by atoms with Crippen LogP contribution in [-0.4, -0.2) is 65.4 Å². The second kappa shape index (κ2) is 8.89. The first-order chi connectivity index (χ1) is 17.5. The number of carboxylic acid groups (broad SMARTS) is 1. The Labute approximate surface area is 212 Å². The Kier molecular flexibility index (Phi) is 5.96. The first kappa shape index (κ1) is 24.8. The van der Waals surface area contributed by atoms with Gasteiger partial charge in [-0.2, -0.15) is 0 Å². The molecule has 9 nitrogen and oxygen atoms in total. The molecule has 1 saturated heterocycles. The minimum absolute atomic E-state index is 0.115. The normalized spacial score (nSPS) is 23.7. The predicted octanol–water partition coefficient (Wildman–Crippen LogP) is 2.73. The molecule has 0 spiro atoms. The number of para-hydroxylation sites is 1. The standard InChI is InChI=1S/C26H29F2N5O4/c1-12-9-31(10-13(2)33(12)25(35)15-5-3-4-6-17(15)29)23-19(27)21(30)18-22(20(23)28)32(14-7-8-14)11-16(24(18)34)26(36)37/h3-6,12-14,16H,7-11,29-30H2,1-2H3,(H,36,37)/t12-,13+,16?. The Morgan fingerprint density at radius 3 is 2.16 bits per heavy atom. The molecular weight excluding hydrogens is 484 g/mol. The summed E-state index contributed by atoms with van der Waals surface area (Å²) in [6, 6.07) is 5.75. The Bertz CT molecular complexity index is 1300. The first-order valence-electron chi connectivity index (χ1n) is 12.3. The smallest absolute Gasteiger partial charge is 0.316 e. The number of aliphatic carboxylic acids is 1. The van der Waals surface area contributed by atoms with Gasteiger partial charge < -0.3 is 31.3 Å². The number of nitrogens with zero attached hydrogens (tertiary/aromatic N) is 3. The van der Waals surface area contributed by atoms with Crippen LogP contribution in [0, 0.1) is 17.6 Å². The third kappa shape index (κ3) is 3.93. The maximum Gasteiger partial charge on any atom is 0.316 e. The molecule has 5 N–H and O–H groups in total. The third-order valence-electron chi connectivity index (χ3n) is 7.54. The highest BCUT2D eigenvalue weighted by Gasteiger charge is 2.47. The number of hydrogen-bond donors (Lipinski definition) is 3. The van der Waals surface area contributed by atoms with E-state index in [0.717, 1.165) is 0 Å². The molecule has 2 aliphatic heterocycles. The van der Waals surface area contributed by atoms with Crippen LogP contribution in [0.2, 0.25) is 0 Å². The van der Waals surface area contributed by atoms with E-state index in [4.69, 9.17) is 11.5 Å². The second-order valence-electron chi connectivity index (χ2n) is 10.2. The summed E-state index contributed by atoms with van der Waals surface area (Å²) in [5.74, 6) is -5.99. The van der Waals surface area contributed by atoms with Crippen LogP contribution in [0.25, 0.3) is 0 Å². The molecule has 2 aromatic rings. The Morgan fingerprint density at radius 1 is 0.973 bits per heavy atom. The van der Waals surface area contributed by atoms with Gasteiger partial charge in [-0.25, -0.2) is 8.78 Å². The number of carbonyl (C=O) groups excluding carboxylic acids is 2. The van der Waals surface area contributed by atoms with E-state index in [1.54, 1.807) is 47.9 Å². The lowest BCUT2D eigenvalue weighted by atomic mass is 9.88. The molecule has 1 aliphatic carbocycles. The van der Waals surface area contributed by atoms with Gasteiger partial charge in [0.25, 0.3) is 5.91 Å². The number of rotatable bonds is 4. The summed E-state index contributed by atoms with van der Waals surface area (Å²) in [6.07, 6.45) is 1.42. The van der Waals surface area contributed by atoms with Crippen molar-refractivity contribution < 1.29 is 28.3 Å². The number of carbonyl (C=O) groups is 3. The summed E-state index contributed by atoms with van der Waals surface area (Å²) in [5.41, 5.74) is 11.3. The number of hydrogen-bond acceptors (Lipinski definition) is 7. The number of amides is 1. The van der Waals surface area contributed by atoms with E-state index in [2.05, 4.69) is 0 Å². The molecule has 3 atom stereocenters. The third-order valence-corrected chi connectivity index (χ3v) is 7.54. The highest BCUT2D eigenvalue weighted by Crippen LogP contribution is 2.47. The number of halogens is 2. The Balaban J connectivity index is 1.53. The fourth-order valence-corrected chi connectivity index (χ4v) is 5.67. The lowest BCUT2D eigenvalue weighted by molar-refractivity contribution is -0.139. The van der Waals surface area contributed by atoms with Gasteiger partial charge in [-0.1, -0.05) is 12.1 Å². The number of piperazine rings is 1. The van der Waals surface area contributed by atoms with Crippen LogP contribution in [0.15, 0.2) is 24.3 Å². The van der Waals surface area contributed by atoms with Crippen LogP contribution in [0.5, 0.6) is 0 Å². The molecule has 0 bridgehead atoms. The summed E-state index contributed by atoms with van der Waals surface area (Å²) in [5, 5.41) is 9.55. The number of nitrogen functional groups attached to an aromatic ring is 2. The zero-order valence-electron chi connectivity index (χ0n) is 20.6. The zero-order valence-corrected chi connectivity index (χ0v) is 20.6. The highest BCUT2D eigenvalue weighted by atomic mass is 19.1. The van der Waals surface area contributed by atoms with Crippen molar-refractivity contribution in [2.75, 3.05) is 40.9 Å². The highest BCUT2D eigenvalue weighted by molar-refractivity contribution is 6.17. The van der Waals surface area contributed by atoms with Gasteiger partial charge in [0.15, 0.2) is 17.4 Å². The molecule has 11 heteroatoms. The van der Waals surface area contributed by atoms with Crippen LogP contribution < -0.4 is 21.3 Å². The van der Waals surface area contributed by atoms with Crippen LogP contribution >= 0.6 is 0 Å². The molecule has 37 heavy (non-hydrogen) atoms. The zero-order chi connectivity index (χ0) is 26.8. The largest absolute Gasteiger partial charge is 0.481 e. The fourth-order valence-electron chi connectivity index (χ4n) is 5.67. The van der Waals surface area contributed by atoms with E-state index in [1.807, 2.05) is 0 Å². The molecule has 2 heterocycles. The fraction of sp³-hybridized carbons (Fsp3) is 0.423. The van der Waals surface area contributed by atoms with Gasteiger partial charge in [-0.15, -0.1) is 0 Å². The maximum absolute atomic E-state index is 16.2. The molecular formula is C26H29F2N5O4. The molecule has 0 aromatic heterocycles. The predicted molar refractivity (Wildman–Crippen MR) is 135 cm³/mol. The van der Waals surface area contributed by atoms with Crippen molar-refractivity contribution in [3.63, 3.8) is 0 Å². The van der Waals surface area contributed by atoms with E-state index in [-0.39, 0.29) is 43.0 Å². The van der Waals surface area contributed by atoms with Crippen molar-refractivity contribution in [2.45, 2.75) is 44.8 Å². The van der Waals surface area contributed by atoms with Gasteiger partial charge in [0.1, 0.15) is 11.6 Å². The SMILES string of the molecule is C[C@@H]1CN(c2c(F)c(N)c3c(c2F)N(C2CC2)CC(C(=O)O)C3=O)C[C@H](C)N1C(=O)c1ccccc1N. The van der Waals surface area contributed by atoms with Gasteiger partial charge >= 0.3 is 5.97 Å². The molecule has 1 saturated carbocycles. The lowest BCUT2D eigenvalue weighted by Crippen LogP contribution is -2.59. The van der Waals surface area contributed by atoms with E-state index < -0.39 is 52.6 Å². The Morgan fingerprint density at radius 2 is 1.59 bits per heavy atom. The summed E-state index contributed by atoms with van der Waals surface area (Å²) >= 11 is 0. The van der Waals surface area contributed by atoms with Gasteiger partial charge in [0, 0.05) is 43.4 Å². The number of ketones is 1. The number of fused-ring (bicyclic) bond motifs is 1. The van der Waals surface area contributed by atoms with Crippen molar-refractivity contribution in [1.29, 1.82) is 0 Å². The lowest BCUT2D eigenvalue weighted by Gasteiger charge is -2.46. The van der Waals surface area contributed by atoms with Crippen LogP contribution in [-0.2, 0) is 4.79 Å². The van der Waals surface area contributed by atoms with Crippen LogP contribution in [0.1, 0.15) is 47.4 Å². The molecule has 1 amide bonds. The first-order valence-corrected chi connectivity index (χ1v) is 12.3. The molecule has 1 unspecified atom stereocenters. The summed E-state index contributed by atoms with van der Waals surface area (Å²) in [7, 11) is 0. The molecule has 196 valence electrons. The van der Waals surface area contributed by atoms with E-state index in [9.17, 15) is 19.5 Å². The monoisotopic (exact) mass is 513 g/mol. The summed E-state index contributed by atoms with van der Waals surface area (Å²) in [4.78, 5) is 42.7. The average molecular weight is 514 g/mol. The van der Waals surface area contributed by atoms with Crippen LogP contribution in [0.3, 0.4) is 0 Å². The Hall–Kier alpha value is -3.89. The van der Waals surface area contributed by atoms with Gasteiger partial charge in [-0.05, 0) is 38.8 Å². The van der Waals surface area contributed by atoms with Crippen molar-refractivity contribution in [3.8, 4) is 0 Å². The minimum atomic E-state index is -1.44. The number of anilines is 4. The quantitative estimate of drug-likeness (QED) is 0.420. The van der Waals surface area contributed by atoms with E-state index in [1.165, 1.54) is 4.90 Å². The summed E-state index contributed by atoms with van der Waals surface area (Å²) in [6.45, 7) is 3.61. The second-order valence-corrected chi connectivity index (χ2v) is 10.2. The van der Waals surface area contributed by atoms with Crippen molar-refractivity contribution >= 4 is 40.4 Å². The number of Topliss-reactive ketones (excluding diaryl/α,β-unsaturated/α-hetero) is 1. The molecule has 2 fully saturated rings. The molecule has 2 aromatic carbocycles. The molecule has 5 rings (SSSR count).